The second-order valence-corrected chi connectivity index (χ2v) is 6.44. The molecule has 0 radical (unpaired) electrons. The Hall–Kier alpha value is -3.27. The van der Waals surface area contributed by atoms with Crippen LogP contribution in [-0.4, -0.2) is 42.8 Å². The van der Waals surface area contributed by atoms with Gasteiger partial charge in [-0.2, -0.15) is 0 Å². The van der Waals surface area contributed by atoms with E-state index in [-0.39, 0.29) is 16.2 Å². The molecule has 2 rings (SSSR count). The zero-order valence-electron chi connectivity index (χ0n) is 12.7. The topological polar surface area (TPSA) is 143 Å². The van der Waals surface area contributed by atoms with Gasteiger partial charge in [0.2, 0.25) is 0 Å². The zero-order chi connectivity index (χ0) is 18.4. The summed E-state index contributed by atoms with van der Waals surface area (Å²) in [4.78, 5) is 37.7. The number of hydrogen-bond donors (Lipinski definition) is 3. The smallest absolute Gasteiger partial charge is 0.322 e. The van der Waals surface area contributed by atoms with Crippen molar-refractivity contribution in [3.05, 3.63) is 59.9 Å². The second-order valence-electron chi connectivity index (χ2n) is 4.76. The molecule has 0 aliphatic rings. The van der Waals surface area contributed by atoms with Crippen LogP contribution in [0.15, 0.2) is 53.6 Å². The Morgan fingerprint density at radius 1 is 1.00 bits per heavy atom. The van der Waals surface area contributed by atoms with Crippen molar-refractivity contribution in [2.75, 3.05) is 6.54 Å². The predicted octanol–water partition coefficient (Wildman–Crippen LogP) is 0.0147. The van der Waals surface area contributed by atoms with E-state index in [9.17, 15) is 22.8 Å². The summed E-state index contributed by atoms with van der Waals surface area (Å²) < 4.78 is 26.0. The Morgan fingerprint density at radius 2 is 1.68 bits per heavy atom. The minimum atomic E-state index is -4.02. The van der Waals surface area contributed by atoms with Gasteiger partial charge in [-0.05, 0) is 24.3 Å². The van der Waals surface area contributed by atoms with Gasteiger partial charge in [0.05, 0.1) is 10.5 Å². The van der Waals surface area contributed by atoms with Gasteiger partial charge in [-0.25, -0.2) is 13.1 Å². The molecule has 0 saturated carbocycles. The summed E-state index contributed by atoms with van der Waals surface area (Å²) in [6.07, 6.45) is 1.02. The fourth-order valence-corrected chi connectivity index (χ4v) is 2.74. The Labute approximate surface area is 142 Å². The van der Waals surface area contributed by atoms with Crippen molar-refractivity contribution in [3.63, 3.8) is 0 Å². The molecule has 0 bridgehead atoms. The average Bonchev–Trinajstić information content (AvgIpc) is 2.60. The van der Waals surface area contributed by atoms with Crippen molar-refractivity contribution in [2.24, 2.45) is 0 Å². The Morgan fingerprint density at radius 3 is 2.24 bits per heavy atom. The highest BCUT2D eigenvalue weighted by Gasteiger charge is 2.19. The molecule has 130 valence electrons. The van der Waals surface area contributed by atoms with Crippen LogP contribution < -0.4 is 10.0 Å². The molecule has 1 aromatic carbocycles. The first-order valence-electron chi connectivity index (χ1n) is 6.88. The second kappa shape index (κ2) is 7.53. The maximum absolute atomic E-state index is 12.1. The standard InChI is InChI=1S/C15H13N3O6S/c19-13(20)9-17-15(22)12-7-6-10(8-16-12)14(21)18-25(23,24)11-4-2-1-3-5-11/h1-8H,9H2,(H,17,22)(H,18,21)(H,19,20). The molecule has 25 heavy (non-hydrogen) atoms. The molecule has 1 heterocycles. The number of nitrogens with one attached hydrogen (secondary N) is 2. The van der Waals surface area contributed by atoms with Crippen molar-refractivity contribution >= 4 is 27.8 Å². The quantitative estimate of drug-likeness (QED) is 0.656. The van der Waals surface area contributed by atoms with Gasteiger partial charge >= 0.3 is 5.97 Å². The predicted molar refractivity (Wildman–Crippen MR) is 85.3 cm³/mol. The maximum atomic E-state index is 12.1. The molecular formula is C15H13N3O6S. The monoisotopic (exact) mass is 363 g/mol. The van der Waals surface area contributed by atoms with Crippen molar-refractivity contribution in [1.29, 1.82) is 0 Å². The number of carbonyl (C=O) groups is 3. The molecule has 2 aromatic rings. The largest absolute Gasteiger partial charge is 0.480 e. The first-order chi connectivity index (χ1) is 11.8. The number of nitrogens with zero attached hydrogens (tertiary/aromatic N) is 1. The van der Waals surface area contributed by atoms with Gasteiger partial charge in [0.1, 0.15) is 12.2 Å². The van der Waals surface area contributed by atoms with Crippen molar-refractivity contribution in [1.82, 2.24) is 15.0 Å². The minimum Gasteiger partial charge on any atom is -0.480 e. The first kappa shape index (κ1) is 18.1. The number of pyridine rings is 1. The van der Waals surface area contributed by atoms with Crippen LogP contribution in [0, 0.1) is 0 Å². The van der Waals surface area contributed by atoms with Crippen LogP contribution in [0.2, 0.25) is 0 Å². The molecule has 0 unspecified atom stereocenters. The number of hydrogen-bond acceptors (Lipinski definition) is 6. The third-order valence-corrected chi connectivity index (χ3v) is 4.29. The van der Waals surface area contributed by atoms with Crippen molar-refractivity contribution in [3.8, 4) is 0 Å². The highest BCUT2D eigenvalue weighted by molar-refractivity contribution is 7.90. The van der Waals surface area contributed by atoms with E-state index in [2.05, 4.69) is 10.3 Å². The third kappa shape index (κ3) is 4.85. The normalized spacial score (nSPS) is 10.7. The van der Waals surface area contributed by atoms with Gasteiger partial charge in [0.15, 0.2) is 0 Å². The van der Waals surface area contributed by atoms with E-state index in [1.165, 1.54) is 36.4 Å². The summed E-state index contributed by atoms with van der Waals surface area (Å²) in [5.74, 6) is -2.85. The van der Waals surface area contributed by atoms with Gasteiger partial charge in [0.25, 0.3) is 21.8 Å². The van der Waals surface area contributed by atoms with E-state index < -0.39 is 34.4 Å². The molecule has 2 amide bonds. The highest BCUT2D eigenvalue weighted by atomic mass is 32.2. The van der Waals surface area contributed by atoms with E-state index in [0.29, 0.717) is 0 Å². The van der Waals surface area contributed by atoms with Crippen molar-refractivity contribution < 1.29 is 27.9 Å². The summed E-state index contributed by atoms with van der Waals surface area (Å²) in [5.41, 5.74) is -0.182. The van der Waals surface area contributed by atoms with E-state index in [1.807, 2.05) is 4.72 Å². The van der Waals surface area contributed by atoms with Crippen LogP contribution >= 0.6 is 0 Å². The Bertz CT molecular complexity index is 895. The molecule has 0 aliphatic heterocycles. The number of carbonyl (C=O) groups excluding carboxylic acids is 2. The molecule has 10 heteroatoms. The van der Waals surface area contributed by atoms with E-state index in [0.717, 1.165) is 6.20 Å². The maximum Gasteiger partial charge on any atom is 0.322 e. The number of carboxylic acids is 1. The van der Waals surface area contributed by atoms with Gasteiger partial charge < -0.3 is 10.4 Å². The fourth-order valence-electron chi connectivity index (χ4n) is 1.75. The fraction of sp³-hybridized carbons (Fsp3) is 0.0667. The van der Waals surface area contributed by atoms with Crippen LogP contribution in [0.4, 0.5) is 0 Å². The number of benzene rings is 1. The van der Waals surface area contributed by atoms with E-state index in [4.69, 9.17) is 5.11 Å². The lowest BCUT2D eigenvalue weighted by atomic mass is 10.2. The van der Waals surface area contributed by atoms with E-state index in [1.54, 1.807) is 6.07 Å². The van der Waals surface area contributed by atoms with Crippen LogP contribution in [0.1, 0.15) is 20.8 Å². The molecule has 9 nitrogen and oxygen atoms in total. The number of aliphatic carboxylic acids is 1. The summed E-state index contributed by atoms with van der Waals surface area (Å²) in [6, 6.07) is 9.74. The number of rotatable bonds is 6. The summed E-state index contributed by atoms with van der Waals surface area (Å²) in [6.45, 7) is -0.571. The van der Waals surface area contributed by atoms with Crippen LogP contribution in [-0.2, 0) is 14.8 Å². The molecule has 1 aromatic heterocycles. The lowest BCUT2D eigenvalue weighted by Crippen LogP contribution is -2.31. The molecule has 3 N–H and O–H groups in total. The molecular weight excluding hydrogens is 350 g/mol. The molecule has 0 saturated heterocycles. The van der Waals surface area contributed by atoms with Gasteiger partial charge in [-0.1, -0.05) is 18.2 Å². The minimum absolute atomic E-state index is 0.0685. The van der Waals surface area contributed by atoms with Gasteiger partial charge in [-0.15, -0.1) is 0 Å². The number of carboxylic acid groups (broad SMARTS) is 1. The summed E-state index contributed by atoms with van der Waals surface area (Å²) >= 11 is 0. The van der Waals surface area contributed by atoms with E-state index >= 15 is 0 Å². The summed E-state index contributed by atoms with van der Waals surface area (Å²) in [5, 5.41) is 10.6. The third-order valence-electron chi connectivity index (χ3n) is 2.94. The highest BCUT2D eigenvalue weighted by Crippen LogP contribution is 2.09. The Balaban J connectivity index is 2.08. The SMILES string of the molecule is O=C(O)CNC(=O)c1ccc(C(=O)NS(=O)(=O)c2ccccc2)cn1. The van der Waals surface area contributed by atoms with Gasteiger partial charge in [-0.3, -0.25) is 19.4 Å². The van der Waals surface area contributed by atoms with Crippen LogP contribution in [0.25, 0.3) is 0 Å². The number of sulfonamides is 1. The molecule has 0 atom stereocenters. The van der Waals surface area contributed by atoms with Gasteiger partial charge in [0, 0.05) is 6.20 Å². The van der Waals surface area contributed by atoms with Crippen molar-refractivity contribution in [2.45, 2.75) is 4.90 Å². The molecule has 0 aliphatic carbocycles. The molecule has 0 spiro atoms. The number of amides is 2. The lowest BCUT2D eigenvalue weighted by molar-refractivity contribution is -0.135. The number of aromatic nitrogens is 1. The van der Waals surface area contributed by atoms with Crippen LogP contribution in [0.5, 0.6) is 0 Å². The summed E-state index contributed by atoms with van der Waals surface area (Å²) in [7, 11) is -4.02. The molecule has 0 fully saturated rings. The lowest BCUT2D eigenvalue weighted by Gasteiger charge is -2.07. The average molecular weight is 363 g/mol. The Kier molecular flexibility index (Phi) is 5.45. The zero-order valence-corrected chi connectivity index (χ0v) is 13.5. The first-order valence-corrected chi connectivity index (χ1v) is 8.36. The van der Waals surface area contributed by atoms with Crippen LogP contribution in [0.3, 0.4) is 0 Å².